The van der Waals surface area contributed by atoms with Gasteiger partial charge in [0.25, 0.3) is 0 Å². The number of nitrogens with one attached hydrogen (secondary N) is 1. The molecule has 0 aliphatic carbocycles. The number of carbonyl (C=O) groups is 2. The zero-order valence-electron chi connectivity index (χ0n) is 12.8. The first-order valence-electron chi connectivity index (χ1n) is 7.61. The van der Waals surface area contributed by atoms with E-state index >= 15 is 0 Å². The number of hydrogen-bond donors (Lipinski definition) is 1. The van der Waals surface area contributed by atoms with Crippen LogP contribution in [0.25, 0.3) is 10.1 Å². The lowest BCUT2D eigenvalue weighted by Gasteiger charge is -2.12. The highest BCUT2D eigenvalue weighted by Gasteiger charge is 2.30. The summed E-state index contributed by atoms with van der Waals surface area (Å²) in [5.41, 5.74) is 0. The Balaban J connectivity index is 1.73. The van der Waals surface area contributed by atoms with E-state index < -0.39 is 23.4 Å². The Hall–Kier alpha value is -2.30. The van der Waals surface area contributed by atoms with Crippen molar-refractivity contribution in [3.63, 3.8) is 0 Å². The number of nitrogens with zero attached hydrogens (tertiary/aromatic N) is 1. The number of fused-ring (bicyclic) bond motifs is 1. The summed E-state index contributed by atoms with van der Waals surface area (Å²) in [6.45, 7) is 0.944. The van der Waals surface area contributed by atoms with Crippen molar-refractivity contribution >= 4 is 33.1 Å². The zero-order chi connectivity index (χ0) is 17.1. The molecule has 0 unspecified atom stereocenters. The topological polar surface area (TPSA) is 79.2 Å². The summed E-state index contributed by atoms with van der Waals surface area (Å²) in [4.78, 5) is 24.8. The number of benzene rings is 1. The third-order valence-electron chi connectivity index (χ3n) is 3.93. The van der Waals surface area contributed by atoms with Gasteiger partial charge in [0.1, 0.15) is 5.82 Å². The van der Waals surface area contributed by atoms with Crippen molar-refractivity contribution in [2.45, 2.75) is 18.9 Å². The van der Waals surface area contributed by atoms with Gasteiger partial charge in [0.2, 0.25) is 5.91 Å². The number of amides is 1. The molecule has 1 saturated heterocycles. The van der Waals surface area contributed by atoms with Crippen LogP contribution in [0.4, 0.5) is 4.39 Å². The molecular formula is C17H15FN2O3S. The number of hydrogen-bond acceptors (Lipinski definition) is 5. The summed E-state index contributed by atoms with van der Waals surface area (Å²) >= 11 is 1.08. The van der Waals surface area contributed by atoms with Crippen LogP contribution in [0.2, 0.25) is 0 Å². The molecule has 1 aliphatic rings. The highest BCUT2D eigenvalue weighted by Crippen LogP contribution is 2.29. The van der Waals surface area contributed by atoms with Crippen molar-refractivity contribution in [2.75, 3.05) is 13.2 Å². The number of nitriles is 1. The quantitative estimate of drug-likeness (QED) is 0.667. The van der Waals surface area contributed by atoms with Gasteiger partial charge in [0, 0.05) is 23.2 Å². The average molecular weight is 346 g/mol. The van der Waals surface area contributed by atoms with Gasteiger partial charge >= 0.3 is 0 Å². The smallest absolute Gasteiger partial charge is 0.245 e. The van der Waals surface area contributed by atoms with Crippen molar-refractivity contribution in [1.82, 2.24) is 5.32 Å². The van der Waals surface area contributed by atoms with E-state index in [4.69, 9.17) is 4.74 Å². The van der Waals surface area contributed by atoms with E-state index in [-0.39, 0.29) is 17.5 Å². The second-order valence-corrected chi connectivity index (χ2v) is 6.65. The van der Waals surface area contributed by atoms with Crippen LogP contribution in [0.15, 0.2) is 24.3 Å². The minimum Gasteiger partial charge on any atom is -0.376 e. The molecule has 1 fully saturated rings. The molecular weight excluding hydrogens is 331 g/mol. The van der Waals surface area contributed by atoms with Gasteiger partial charge in [-0.25, -0.2) is 4.39 Å². The number of carbonyl (C=O) groups excluding carboxylic acids is 2. The van der Waals surface area contributed by atoms with E-state index in [9.17, 15) is 19.2 Å². The lowest BCUT2D eigenvalue weighted by molar-refractivity contribution is -0.122. The molecule has 3 rings (SSSR count). The molecule has 0 radical (unpaired) electrons. The molecule has 1 amide bonds. The Bertz CT molecular complexity index is 821. The predicted octanol–water partition coefficient (Wildman–Crippen LogP) is 2.66. The summed E-state index contributed by atoms with van der Waals surface area (Å²) in [6, 6.07) is 7.70. The van der Waals surface area contributed by atoms with Crippen LogP contribution >= 0.6 is 11.3 Å². The molecule has 1 N–H and O–H groups in total. The number of rotatable bonds is 5. The monoisotopic (exact) mass is 346 g/mol. The first-order valence-corrected chi connectivity index (χ1v) is 8.43. The minimum atomic E-state index is -1.44. The first kappa shape index (κ1) is 16.6. The minimum absolute atomic E-state index is 0.0678. The number of Topliss-reactive ketones (excluding diaryl/α,β-unsaturated/α-hetero) is 1. The molecule has 0 spiro atoms. The SMILES string of the molecule is N#C[C@H](C(=O)NC[C@H]1CCCO1)C(=O)c1cc2c(F)cccc2s1. The van der Waals surface area contributed by atoms with Crippen molar-refractivity contribution < 1.29 is 18.7 Å². The first-order chi connectivity index (χ1) is 11.6. The summed E-state index contributed by atoms with van der Waals surface area (Å²) < 4.78 is 19.7. The van der Waals surface area contributed by atoms with Crippen LogP contribution in [-0.2, 0) is 9.53 Å². The van der Waals surface area contributed by atoms with Crippen LogP contribution in [0.1, 0.15) is 22.5 Å². The maximum atomic E-state index is 13.7. The standard InChI is InChI=1S/C17H15FN2O3S/c18-13-4-1-5-14-11(13)7-15(24-14)16(21)12(8-19)17(22)20-9-10-3-2-6-23-10/h1,4-5,7,10,12H,2-3,6,9H2,(H,20,22)/t10-,12+/m1/s1. The molecule has 0 saturated carbocycles. The third-order valence-corrected chi connectivity index (χ3v) is 5.05. The summed E-state index contributed by atoms with van der Waals surface area (Å²) in [7, 11) is 0. The predicted molar refractivity (Wildman–Crippen MR) is 87.2 cm³/mol. The van der Waals surface area contributed by atoms with Gasteiger partial charge in [-0.3, -0.25) is 9.59 Å². The second-order valence-electron chi connectivity index (χ2n) is 5.57. The number of thiophene rings is 1. The number of ketones is 1. The van der Waals surface area contributed by atoms with Crippen molar-refractivity contribution in [1.29, 1.82) is 5.26 Å². The van der Waals surface area contributed by atoms with Crippen molar-refractivity contribution in [2.24, 2.45) is 5.92 Å². The van der Waals surface area contributed by atoms with E-state index in [1.807, 2.05) is 0 Å². The number of halogens is 1. The number of ether oxygens (including phenoxy) is 1. The van der Waals surface area contributed by atoms with E-state index in [1.54, 1.807) is 18.2 Å². The summed E-state index contributed by atoms with van der Waals surface area (Å²) in [5, 5.41) is 12.1. The van der Waals surface area contributed by atoms with Crippen LogP contribution < -0.4 is 5.32 Å². The van der Waals surface area contributed by atoms with Gasteiger partial charge < -0.3 is 10.1 Å². The van der Waals surface area contributed by atoms with Crippen LogP contribution in [0.3, 0.4) is 0 Å². The largest absolute Gasteiger partial charge is 0.376 e. The van der Waals surface area contributed by atoms with Crippen LogP contribution in [0.5, 0.6) is 0 Å². The Labute approximate surface area is 142 Å². The summed E-state index contributed by atoms with van der Waals surface area (Å²) in [6.07, 6.45) is 1.72. The van der Waals surface area contributed by atoms with Crippen molar-refractivity contribution in [3.05, 3.63) is 35.0 Å². The Morgan fingerprint density at radius 3 is 3.00 bits per heavy atom. The van der Waals surface area contributed by atoms with Gasteiger partial charge in [-0.15, -0.1) is 11.3 Å². The van der Waals surface area contributed by atoms with E-state index in [0.29, 0.717) is 16.7 Å². The third kappa shape index (κ3) is 3.30. The maximum absolute atomic E-state index is 13.7. The van der Waals surface area contributed by atoms with Gasteiger partial charge in [-0.1, -0.05) is 6.07 Å². The molecule has 2 aromatic rings. The molecule has 0 bridgehead atoms. The zero-order valence-corrected chi connectivity index (χ0v) is 13.6. The summed E-state index contributed by atoms with van der Waals surface area (Å²) in [5.74, 6) is -3.12. The fraction of sp³-hybridized carbons (Fsp3) is 0.353. The van der Waals surface area contributed by atoms with E-state index in [2.05, 4.69) is 5.32 Å². The fourth-order valence-corrected chi connectivity index (χ4v) is 3.69. The molecule has 124 valence electrons. The Morgan fingerprint density at radius 1 is 1.50 bits per heavy atom. The highest BCUT2D eigenvalue weighted by atomic mass is 32.1. The molecule has 1 aromatic carbocycles. The van der Waals surface area contributed by atoms with Gasteiger partial charge in [-0.05, 0) is 31.0 Å². The van der Waals surface area contributed by atoms with E-state index in [0.717, 1.165) is 24.2 Å². The maximum Gasteiger partial charge on any atom is 0.245 e. The molecule has 24 heavy (non-hydrogen) atoms. The molecule has 1 aromatic heterocycles. The highest BCUT2D eigenvalue weighted by molar-refractivity contribution is 7.20. The lowest BCUT2D eigenvalue weighted by Crippen LogP contribution is -2.38. The van der Waals surface area contributed by atoms with E-state index in [1.165, 1.54) is 12.1 Å². The second kappa shape index (κ2) is 7.07. The average Bonchev–Trinajstić information content (AvgIpc) is 3.23. The normalized spacial score (nSPS) is 18.2. The molecule has 7 heteroatoms. The fourth-order valence-electron chi connectivity index (χ4n) is 2.65. The Morgan fingerprint density at radius 2 is 2.33 bits per heavy atom. The Kier molecular flexibility index (Phi) is 4.88. The molecule has 5 nitrogen and oxygen atoms in total. The van der Waals surface area contributed by atoms with Gasteiger partial charge in [-0.2, -0.15) is 5.26 Å². The van der Waals surface area contributed by atoms with Crippen molar-refractivity contribution in [3.8, 4) is 6.07 Å². The van der Waals surface area contributed by atoms with Crippen LogP contribution in [-0.4, -0.2) is 30.9 Å². The molecule has 2 heterocycles. The van der Waals surface area contributed by atoms with Crippen LogP contribution in [0, 0.1) is 23.1 Å². The molecule has 2 atom stereocenters. The van der Waals surface area contributed by atoms with Gasteiger partial charge in [0.05, 0.1) is 17.1 Å². The molecule has 1 aliphatic heterocycles. The lowest BCUT2D eigenvalue weighted by atomic mass is 10.0. The van der Waals surface area contributed by atoms with Gasteiger partial charge in [0.15, 0.2) is 11.7 Å².